The zero-order valence-electron chi connectivity index (χ0n) is 14.4. The van der Waals surface area contributed by atoms with Crippen LogP contribution in [0.2, 0.25) is 15.1 Å². The molecule has 2 aromatic carbocycles. The molecule has 2 aromatic rings. The van der Waals surface area contributed by atoms with Gasteiger partial charge in [-0.1, -0.05) is 34.8 Å². The molecule has 0 aliphatic carbocycles. The van der Waals surface area contributed by atoms with Gasteiger partial charge in [0.1, 0.15) is 0 Å². The predicted molar refractivity (Wildman–Crippen MR) is 108 cm³/mol. The maximum Gasteiger partial charge on any atom is 0.257 e. The lowest BCUT2D eigenvalue weighted by atomic mass is 10.1. The van der Waals surface area contributed by atoms with Crippen LogP contribution in [0.25, 0.3) is 0 Å². The number of benzene rings is 2. The maximum absolute atomic E-state index is 12.6. The molecule has 0 aromatic heterocycles. The van der Waals surface area contributed by atoms with Crippen molar-refractivity contribution in [1.29, 1.82) is 0 Å². The van der Waals surface area contributed by atoms with Gasteiger partial charge in [-0.25, -0.2) is 8.42 Å². The summed E-state index contributed by atoms with van der Waals surface area (Å²) in [5, 5.41) is 0.686. The number of halogens is 3. The number of amides is 1. The molecular weight excluding hydrogens is 433 g/mol. The van der Waals surface area contributed by atoms with Gasteiger partial charge in [0.25, 0.3) is 10.0 Å². The standard InChI is InChI=1S/C17H16Cl3N3O3S/c1-9-5-11-6-13(3-4-16(11)23(9)10(2)24)27(25,26)22-21-17-14(19)7-12(18)8-15(17)20/h3-4,6-9,21-22H,5H2,1-2H3. The lowest BCUT2D eigenvalue weighted by Crippen LogP contribution is -2.33. The van der Waals surface area contributed by atoms with Crippen molar-refractivity contribution < 1.29 is 13.2 Å². The molecule has 0 radical (unpaired) electrons. The highest BCUT2D eigenvalue weighted by Crippen LogP contribution is 2.35. The van der Waals surface area contributed by atoms with E-state index in [2.05, 4.69) is 10.3 Å². The highest BCUT2D eigenvalue weighted by molar-refractivity contribution is 7.89. The second kappa shape index (κ2) is 7.48. The van der Waals surface area contributed by atoms with Crippen molar-refractivity contribution in [1.82, 2.24) is 4.83 Å². The average molecular weight is 449 g/mol. The van der Waals surface area contributed by atoms with Crippen molar-refractivity contribution in [3.8, 4) is 0 Å². The topological polar surface area (TPSA) is 78.5 Å². The molecule has 2 N–H and O–H groups in total. The van der Waals surface area contributed by atoms with Crippen molar-refractivity contribution in [2.24, 2.45) is 0 Å². The molecule has 3 rings (SSSR count). The summed E-state index contributed by atoms with van der Waals surface area (Å²) in [5.41, 5.74) is 4.25. The summed E-state index contributed by atoms with van der Waals surface area (Å²) in [6.07, 6.45) is 0.584. The third-order valence-electron chi connectivity index (χ3n) is 4.23. The van der Waals surface area contributed by atoms with E-state index in [1.807, 2.05) is 6.92 Å². The fraction of sp³-hybridized carbons (Fsp3) is 0.235. The fourth-order valence-electron chi connectivity index (χ4n) is 3.09. The van der Waals surface area contributed by atoms with Gasteiger partial charge in [-0.05, 0) is 49.2 Å². The monoisotopic (exact) mass is 447 g/mol. The lowest BCUT2D eigenvalue weighted by Gasteiger charge is -2.20. The number of carbonyl (C=O) groups is 1. The molecule has 144 valence electrons. The minimum Gasteiger partial charge on any atom is -0.309 e. The van der Waals surface area contributed by atoms with Crippen LogP contribution in [0.5, 0.6) is 0 Å². The van der Waals surface area contributed by atoms with Gasteiger partial charge in [0.2, 0.25) is 5.91 Å². The smallest absolute Gasteiger partial charge is 0.257 e. The first kappa shape index (κ1) is 20.2. The molecule has 0 fully saturated rings. The molecule has 0 saturated carbocycles. The molecule has 1 heterocycles. The molecule has 1 amide bonds. The van der Waals surface area contributed by atoms with Gasteiger partial charge >= 0.3 is 0 Å². The summed E-state index contributed by atoms with van der Waals surface area (Å²) in [6.45, 7) is 3.40. The summed E-state index contributed by atoms with van der Waals surface area (Å²) in [4.78, 5) is 15.8. The number of anilines is 2. The van der Waals surface area contributed by atoms with Gasteiger partial charge in [0.05, 0.1) is 20.6 Å². The second-order valence-corrected chi connectivity index (χ2v) is 9.14. The van der Waals surface area contributed by atoms with E-state index in [0.717, 1.165) is 11.3 Å². The molecule has 0 bridgehead atoms. The first-order chi connectivity index (χ1) is 12.6. The number of hydrazine groups is 1. The number of nitrogens with zero attached hydrogens (tertiary/aromatic N) is 1. The van der Waals surface area contributed by atoms with Gasteiger partial charge < -0.3 is 10.3 Å². The van der Waals surface area contributed by atoms with Crippen LogP contribution in [0.1, 0.15) is 19.4 Å². The van der Waals surface area contributed by atoms with Crippen molar-refractivity contribution in [3.63, 3.8) is 0 Å². The zero-order chi connectivity index (χ0) is 19.9. The molecular formula is C17H16Cl3N3O3S. The number of carbonyl (C=O) groups excluding carboxylic acids is 1. The Morgan fingerprint density at radius 3 is 2.37 bits per heavy atom. The Hall–Kier alpha value is -1.51. The molecule has 6 nitrogen and oxygen atoms in total. The van der Waals surface area contributed by atoms with Crippen molar-refractivity contribution >= 4 is 62.1 Å². The van der Waals surface area contributed by atoms with Crippen LogP contribution >= 0.6 is 34.8 Å². The van der Waals surface area contributed by atoms with Gasteiger partial charge in [0, 0.05) is 23.7 Å². The third-order valence-corrected chi connectivity index (χ3v) is 6.29. The number of sulfonamides is 1. The van der Waals surface area contributed by atoms with Gasteiger partial charge in [-0.2, -0.15) is 0 Å². The lowest BCUT2D eigenvalue weighted by molar-refractivity contribution is -0.116. The zero-order valence-corrected chi connectivity index (χ0v) is 17.5. The average Bonchev–Trinajstić information content (AvgIpc) is 2.88. The first-order valence-corrected chi connectivity index (χ1v) is 10.6. The van der Waals surface area contributed by atoms with E-state index in [1.165, 1.54) is 25.1 Å². The Labute approximate surface area is 172 Å². The predicted octanol–water partition coefficient (Wildman–Crippen LogP) is 4.25. The van der Waals surface area contributed by atoms with E-state index in [9.17, 15) is 13.2 Å². The summed E-state index contributed by atoms with van der Waals surface area (Å²) < 4.78 is 25.3. The van der Waals surface area contributed by atoms with Crippen LogP contribution in [0, 0.1) is 0 Å². The Bertz CT molecular complexity index is 1000. The van der Waals surface area contributed by atoms with Gasteiger partial charge in [0.15, 0.2) is 0 Å². The summed E-state index contributed by atoms with van der Waals surface area (Å²) in [7, 11) is -3.89. The van der Waals surface area contributed by atoms with E-state index >= 15 is 0 Å². The van der Waals surface area contributed by atoms with Crippen LogP contribution < -0.4 is 15.2 Å². The molecule has 0 spiro atoms. The summed E-state index contributed by atoms with van der Waals surface area (Å²) in [6, 6.07) is 7.51. The molecule has 1 aliphatic rings. The van der Waals surface area contributed by atoms with E-state index < -0.39 is 10.0 Å². The van der Waals surface area contributed by atoms with Gasteiger partial charge in [-0.15, -0.1) is 4.83 Å². The van der Waals surface area contributed by atoms with Crippen LogP contribution in [0.15, 0.2) is 35.2 Å². The Kier molecular flexibility index (Phi) is 5.61. The minimum absolute atomic E-state index is 0.0202. The number of hydrogen-bond acceptors (Lipinski definition) is 4. The van der Waals surface area contributed by atoms with Crippen LogP contribution in [-0.4, -0.2) is 20.4 Å². The maximum atomic E-state index is 12.6. The van der Waals surface area contributed by atoms with Crippen LogP contribution in [0.3, 0.4) is 0 Å². The molecule has 27 heavy (non-hydrogen) atoms. The SMILES string of the molecule is CC(=O)N1c2ccc(S(=O)(=O)NNc3c(Cl)cc(Cl)cc3Cl)cc2CC1C. The molecule has 10 heteroatoms. The number of hydrogen-bond donors (Lipinski definition) is 2. The Balaban J connectivity index is 1.85. The van der Waals surface area contributed by atoms with Crippen LogP contribution in [-0.2, 0) is 21.2 Å². The summed E-state index contributed by atoms with van der Waals surface area (Å²) in [5.74, 6) is -0.0799. The number of rotatable bonds is 4. The fourth-order valence-corrected chi connectivity index (χ4v) is 4.90. The number of nitrogens with one attached hydrogen (secondary N) is 2. The van der Waals surface area contributed by atoms with Crippen molar-refractivity contribution in [2.75, 3.05) is 10.3 Å². The van der Waals surface area contributed by atoms with Crippen LogP contribution in [0.4, 0.5) is 11.4 Å². The third kappa shape index (κ3) is 4.02. The van der Waals surface area contributed by atoms with Crippen molar-refractivity contribution in [2.45, 2.75) is 31.2 Å². The minimum atomic E-state index is -3.89. The Morgan fingerprint density at radius 2 is 1.78 bits per heavy atom. The highest BCUT2D eigenvalue weighted by atomic mass is 35.5. The van der Waals surface area contributed by atoms with E-state index in [1.54, 1.807) is 17.0 Å². The largest absolute Gasteiger partial charge is 0.309 e. The van der Waals surface area contributed by atoms with E-state index in [0.29, 0.717) is 11.4 Å². The Morgan fingerprint density at radius 1 is 1.15 bits per heavy atom. The second-order valence-electron chi connectivity index (χ2n) is 6.21. The van der Waals surface area contributed by atoms with E-state index in [4.69, 9.17) is 34.8 Å². The molecule has 1 aliphatic heterocycles. The quantitative estimate of drug-likeness (QED) is 0.685. The summed E-state index contributed by atoms with van der Waals surface area (Å²) >= 11 is 17.9. The highest BCUT2D eigenvalue weighted by Gasteiger charge is 2.30. The number of fused-ring (bicyclic) bond motifs is 1. The molecule has 0 saturated heterocycles. The van der Waals surface area contributed by atoms with Gasteiger partial charge in [-0.3, -0.25) is 4.79 Å². The van der Waals surface area contributed by atoms with Crippen molar-refractivity contribution in [3.05, 3.63) is 51.0 Å². The normalized spacial score (nSPS) is 16.3. The molecule has 1 atom stereocenters. The molecule has 1 unspecified atom stereocenters. The first-order valence-electron chi connectivity index (χ1n) is 7.95. The van der Waals surface area contributed by atoms with E-state index in [-0.39, 0.29) is 32.6 Å².